The highest BCUT2D eigenvalue weighted by Crippen LogP contribution is 2.20. The molecule has 5 nitrogen and oxygen atoms in total. The Morgan fingerprint density at radius 1 is 0.962 bits per heavy atom. The molecule has 2 N–H and O–H groups in total. The zero-order chi connectivity index (χ0) is 18.5. The fraction of sp³-hybridized carbons (Fsp3) is 0.0500. The second-order valence-corrected chi connectivity index (χ2v) is 5.62. The average Bonchev–Trinajstić information content (AvgIpc) is 2.64. The monoisotopic (exact) mass is 349 g/mol. The molecule has 0 atom stereocenters. The van der Waals surface area contributed by atoms with Crippen LogP contribution in [0.1, 0.15) is 27.8 Å². The van der Waals surface area contributed by atoms with Gasteiger partial charge in [0.2, 0.25) is 0 Å². The van der Waals surface area contributed by atoms with Gasteiger partial charge >= 0.3 is 0 Å². The first-order chi connectivity index (χ1) is 12.5. The van der Waals surface area contributed by atoms with Crippen LogP contribution >= 0.6 is 0 Å². The minimum Gasteiger partial charge on any atom is -0.353 e. The first-order valence-corrected chi connectivity index (χ1v) is 7.93. The lowest BCUT2D eigenvalue weighted by atomic mass is 10.1. The summed E-state index contributed by atoms with van der Waals surface area (Å²) in [5, 5.41) is 5.63. The second kappa shape index (κ2) is 7.57. The van der Waals surface area contributed by atoms with Gasteiger partial charge in [-0.15, -0.1) is 0 Å². The molecule has 0 spiro atoms. The molecule has 1 aromatic heterocycles. The van der Waals surface area contributed by atoms with Crippen molar-refractivity contribution >= 4 is 28.8 Å². The number of hydrogen-bond donors (Lipinski definition) is 2. The highest BCUT2D eigenvalue weighted by Gasteiger charge is 2.10. The van der Waals surface area contributed by atoms with Crippen LogP contribution in [0.2, 0.25) is 0 Å². The molecule has 0 saturated carbocycles. The first-order valence-electron chi connectivity index (χ1n) is 7.93. The molecule has 26 heavy (non-hydrogen) atoms. The van der Waals surface area contributed by atoms with E-state index in [2.05, 4.69) is 15.6 Å². The fourth-order valence-electron chi connectivity index (χ4n) is 2.33. The van der Waals surface area contributed by atoms with E-state index in [9.17, 15) is 14.0 Å². The molecule has 0 aliphatic rings. The molecular formula is C20H16FN3O2. The van der Waals surface area contributed by atoms with Crippen molar-refractivity contribution in [2.45, 2.75) is 6.92 Å². The van der Waals surface area contributed by atoms with Crippen molar-refractivity contribution in [1.29, 1.82) is 0 Å². The van der Waals surface area contributed by atoms with E-state index in [1.807, 2.05) is 0 Å². The smallest absolute Gasteiger partial charge is 0.274 e. The number of carbonyl (C=O) groups excluding carboxylic acids is 2. The molecule has 0 radical (unpaired) electrons. The minimum absolute atomic E-state index is 0.0449. The SMILES string of the molecule is CC(=O)c1ccc(NC(=O)c2cc(Nc3ccccc3F)ccn2)cc1. The van der Waals surface area contributed by atoms with Gasteiger partial charge in [0.1, 0.15) is 11.5 Å². The highest BCUT2D eigenvalue weighted by atomic mass is 19.1. The van der Waals surface area contributed by atoms with Gasteiger partial charge in [-0.2, -0.15) is 0 Å². The molecule has 0 saturated heterocycles. The third-order valence-corrected chi connectivity index (χ3v) is 3.69. The number of amides is 1. The lowest BCUT2D eigenvalue weighted by Gasteiger charge is -2.09. The zero-order valence-electron chi connectivity index (χ0n) is 14.0. The number of para-hydroxylation sites is 1. The molecule has 0 aliphatic carbocycles. The van der Waals surface area contributed by atoms with Crippen molar-refractivity contribution in [2.75, 3.05) is 10.6 Å². The third kappa shape index (κ3) is 4.10. The van der Waals surface area contributed by atoms with Crippen molar-refractivity contribution in [3.05, 3.63) is 83.9 Å². The van der Waals surface area contributed by atoms with Gasteiger partial charge in [0.25, 0.3) is 5.91 Å². The molecule has 1 amide bonds. The molecule has 3 rings (SSSR count). The number of pyridine rings is 1. The Hall–Kier alpha value is -3.54. The molecule has 1 heterocycles. The van der Waals surface area contributed by atoms with Gasteiger partial charge < -0.3 is 10.6 Å². The Morgan fingerprint density at radius 2 is 1.69 bits per heavy atom. The Bertz CT molecular complexity index is 955. The molecule has 3 aromatic rings. The summed E-state index contributed by atoms with van der Waals surface area (Å²) >= 11 is 0. The Labute approximate surface area is 149 Å². The van der Waals surface area contributed by atoms with Crippen molar-refractivity contribution < 1.29 is 14.0 Å². The summed E-state index contributed by atoms with van der Waals surface area (Å²) in [6, 6.07) is 16.0. The lowest BCUT2D eigenvalue weighted by Crippen LogP contribution is -2.14. The maximum absolute atomic E-state index is 13.7. The molecule has 2 aromatic carbocycles. The molecule has 0 fully saturated rings. The number of halogens is 1. The summed E-state index contributed by atoms with van der Waals surface area (Å²) in [6.45, 7) is 1.48. The number of carbonyl (C=O) groups is 2. The summed E-state index contributed by atoms with van der Waals surface area (Å²) in [7, 11) is 0. The van der Waals surface area contributed by atoms with Crippen LogP contribution < -0.4 is 10.6 Å². The number of rotatable bonds is 5. The minimum atomic E-state index is -0.405. The molecule has 0 unspecified atom stereocenters. The number of nitrogens with zero attached hydrogens (tertiary/aromatic N) is 1. The quantitative estimate of drug-likeness (QED) is 0.669. The highest BCUT2D eigenvalue weighted by molar-refractivity contribution is 6.03. The van der Waals surface area contributed by atoms with E-state index in [1.165, 1.54) is 25.3 Å². The normalized spacial score (nSPS) is 10.2. The molecule has 6 heteroatoms. The van der Waals surface area contributed by atoms with Crippen LogP contribution in [0.3, 0.4) is 0 Å². The largest absolute Gasteiger partial charge is 0.353 e. The number of aromatic nitrogens is 1. The van der Waals surface area contributed by atoms with Crippen molar-refractivity contribution in [1.82, 2.24) is 4.98 Å². The van der Waals surface area contributed by atoms with E-state index < -0.39 is 5.91 Å². The molecule has 130 valence electrons. The topological polar surface area (TPSA) is 71.1 Å². The summed E-state index contributed by atoms with van der Waals surface area (Å²) in [4.78, 5) is 27.7. The van der Waals surface area contributed by atoms with E-state index >= 15 is 0 Å². The van der Waals surface area contributed by atoms with Crippen LogP contribution in [-0.2, 0) is 0 Å². The van der Waals surface area contributed by atoms with Crippen LogP contribution in [0.5, 0.6) is 0 Å². The van der Waals surface area contributed by atoms with Crippen molar-refractivity contribution in [2.24, 2.45) is 0 Å². The van der Waals surface area contributed by atoms with Crippen LogP contribution in [0.25, 0.3) is 0 Å². The van der Waals surface area contributed by atoms with Gasteiger partial charge in [0.05, 0.1) is 5.69 Å². The Balaban J connectivity index is 1.74. The predicted molar refractivity (Wildman–Crippen MR) is 98.3 cm³/mol. The first kappa shape index (κ1) is 17.3. The summed E-state index contributed by atoms with van der Waals surface area (Å²) in [6.07, 6.45) is 1.47. The number of anilines is 3. The predicted octanol–water partition coefficient (Wildman–Crippen LogP) is 4.42. The van der Waals surface area contributed by atoms with E-state index in [-0.39, 0.29) is 17.3 Å². The Kier molecular flexibility index (Phi) is 5.03. The number of benzene rings is 2. The standard InChI is InChI=1S/C20H16FN3O2/c1-13(25)14-6-8-15(9-7-14)24-20(26)19-12-16(10-11-22-19)23-18-5-3-2-4-17(18)21/h2-12H,1H3,(H,22,23)(H,24,26). The number of hydrogen-bond acceptors (Lipinski definition) is 4. The second-order valence-electron chi connectivity index (χ2n) is 5.62. The maximum atomic E-state index is 13.7. The van der Waals surface area contributed by atoms with Crippen LogP contribution in [0.4, 0.5) is 21.5 Å². The molecule has 0 bridgehead atoms. The molecular weight excluding hydrogens is 333 g/mol. The van der Waals surface area contributed by atoms with Gasteiger partial charge in [0, 0.05) is 23.1 Å². The van der Waals surface area contributed by atoms with Gasteiger partial charge in [0.15, 0.2) is 5.78 Å². The van der Waals surface area contributed by atoms with Crippen molar-refractivity contribution in [3.63, 3.8) is 0 Å². The van der Waals surface area contributed by atoms with E-state index in [0.717, 1.165) is 0 Å². The summed E-state index contributed by atoms with van der Waals surface area (Å²) in [5.74, 6) is -0.838. The van der Waals surface area contributed by atoms with Crippen LogP contribution in [-0.4, -0.2) is 16.7 Å². The Morgan fingerprint density at radius 3 is 2.38 bits per heavy atom. The third-order valence-electron chi connectivity index (χ3n) is 3.69. The summed E-state index contributed by atoms with van der Waals surface area (Å²) in [5.41, 5.74) is 2.15. The average molecular weight is 349 g/mol. The number of ketones is 1. The van der Waals surface area contributed by atoms with E-state index in [1.54, 1.807) is 48.5 Å². The van der Waals surface area contributed by atoms with Crippen LogP contribution in [0.15, 0.2) is 66.9 Å². The number of Topliss-reactive ketones (excluding diaryl/α,β-unsaturated/α-hetero) is 1. The van der Waals surface area contributed by atoms with Crippen LogP contribution in [0, 0.1) is 5.82 Å². The van der Waals surface area contributed by atoms with Gasteiger partial charge in [-0.3, -0.25) is 14.6 Å². The zero-order valence-corrected chi connectivity index (χ0v) is 14.0. The number of nitrogens with one attached hydrogen (secondary N) is 2. The summed E-state index contributed by atoms with van der Waals surface area (Å²) < 4.78 is 13.7. The van der Waals surface area contributed by atoms with Gasteiger partial charge in [-0.25, -0.2) is 4.39 Å². The maximum Gasteiger partial charge on any atom is 0.274 e. The van der Waals surface area contributed by atoms with Gasteiger partial charge in [-0.05, 0) is 55.5 Å². The van der Waals surface area contributed by atoms with E-state index in [0.29, 0.717) is 22.6 Å². The van der Waals surface area contributed by atoms with Gasteiger partial charge in [-0.1, -0.05) is 12.1 Å². The van der Waals surface area contributed by atoms with Crippen molar-refractivity contribution in [3.8, 4) is 0 Å². The lowest BCUT2D eigenvalue weighted by molar-refractivity contribution is 0.101. The molecule has 0 aliphatic heterocycles. The fourth-order valence-corrected chi connectivity index (χ4v) is 2.33. The van der Waals surface area contributed by atoms with E-state index in [4.69, 9.17) is 0 Å².